The van der Waals surface area contributed by atoms with Crippen molar-refractivity contribution in [1.82, 2.24) is 19.9 Å². The van der Waals surface area contributed by atoms with E-state index in [2.05, 4.69) is 30.6 Å². The third-order valence-electron chi connectivity index (χ3n) is 4.62. The Morgan fingerprint density at radius 1 is 0.892 bits per heavy atom. The number of alkyl halides is 6. The maximum Gasteiger partial charge on any atom is 0.434 e. The third kappa shape index (κ3) is 6.46. The van der Waals surface area contributed by atoms with Gasteiger partial charge in [0.1, 0.15) is 17.8 Å². The van der Waals surface area contributed by atoms with Crippen LogP contribution in [0.2, 0.25) is 5.02 Å². The Hall–Kier alpha value is -4.33. The van der Waals surface area contributed by atoms with Gasteiger partial charge in [-0.25, -0.2) is 19.7 Å². The summed E-state index contributed by atoms with van der Waals surface area (Å²) in [6, 6.07) is 9.22. The summed E-state index contributed by atoms with van der Waals surface area (Å²) in [6.45, 7) is 0. The molecular formula is C22H13ClF6N6O2. The Morgan fingerprint density at radius 3 is 2.22 bits per heavy atom. The molecule has 2 amide bonds. The topological polar surface area (TPSA) is 105 Å². The van der Waals surface area contributed by atoms with Crippen LogP contribution in [0, 0.1) is 0 Å². The second-order valence-electron chi connectivity index (χ2n) is 7.27. The predicted octanol–water partition coefficient (Wildman–Crippen LogP) is 6.99. The lowest BCUT2D eigenvalue weighted by atomic mass is 10.2. The molecule has 0 saturated heterocycles. The standard InChI is InChI=1S/C22H13ClF6N6O2/c23-15-6-3-12(7-14(15)21(24,25)26)34-20(36)33-11-1-4-13(5-2-11)37-18-8-16(31-10-32-18)19-30-9-17(35-19)22(27,28)29/h1-10H,(H,30,35)(H2,33,34,36). The second kappa shape index (κ2) is 9.97. The van der Waals surface area contributed by atoms with Crippen molar-refractivity contribution >= 4 is 29.0 Å². The minimum Gasteiger partial charge on any atom is -0.439 e. The molecule has 0 fully saturated rings. The number of nitrogens with zero attached hydrogens (tertiary/aromatic N) is 3. The van der Waals surface area contributed by atoms with Crippen LogP contribution in [0.3, 0.4) is 0 Å². The number of urea groups is 1. The summed E-state index contributed by atoms with van der Waals surface area (Å²) in [6.07, 6.45) is -7.51. The third-order valence-corrected chi connectivity index (χ3v) is 4.95. The molecule has 2 aromatic heterocycles. The number of carbonyl (C=O) groups excluding carboxylic acids is 1. The first-order chi connectivity index (χ1) is 17.4. The molecule has 37 heavy (non-hydrogen) atoms. The van der Waals surface area contributed by atoms with Gasteiger partial charge >= 0.3 is 18.4 Å². The lowest BCUT2D eigenvalue weighted by Gasteiger charge is -2.12. The fourth-order valence-corrected chi connectivity index (χ4v) is 3.19. The number of carbonyl (C=O) groups is 1. The van der Waals surface area contributed by atoms with Gasteiger partial charge in [0.2, 0.25) is 5.88 Å². The number of anilines is 2. The van der Waals surface area contributed by atoms with E-state index in [1.165, 1.54) is 36.4 Å². The highest BCUT2D eigenvalue weighted by Crippen LogP contribution is 2.36. The number of benzene rings is 2. The molecule has 0 saturated carbocycles. The molecule has 0 aliphatic rings. The SMILES string of the molecule is O=C(Nc1ccc(Oc2cc(-c3nc(C(F)(F)F)c[nH]3)ncn2)cc1)Nc1ccc(Cl)c(C(F)(F)F)c1. The van der Waals surface area contributed by atoms with Crippen molar-refractivity contribution in [1.29, 1.82) is 0 Å². The van der Waals surface area contributed by atoms with Gasteiger partial charge in [-0.1, -0.05) is 11.6 Å². The molecule has 0 spiro atoms. The number of rotatable bonds is 5. The normalized spacial score (nSPS) is 11.8. The van der Waals surface area contributed by atoms with Gasteiger partial charge in [-0.15, -0.1) is 0 Å². The summed E-state index contributed by atoms with van der Waals surface area (Å²) in [5, 5.41) is 4.23. The van der Waals surface area contributed by atoms with Crippen LogP contribution in [0.1, 0.15) is 11.3 Å². The van der Waals surface area contributed by atoms with Gasteiger partial charge in [0.05, 0.1) is 10.6 Å². The molecule has 3 N–H and O–H groups in total. The summed E-state index contributed by atoms with van der Waals surface area (Å²) < 4.78 is 82.8. The van der Waals surface area contributed by atoms with E-state index >= 15 is 0 Å². The number of hydrogen-bond donors (Lipinski definition) is 3. The second-order valence-corrected chi connectivity index (χ2v) is 7.68. The van der Waals surface area contributed by atoms with Crippen molar-refractivity contribution in [2.24, 2.45) is 0 Å². The molecule has 4 aromatic rings. The van der Waals surface area contributed by atoms with Gasteiger partial charge < -0.3 is 20.4 Å². The zero-order valence-corrected chi connectivity index (χ0v) is 18.8. The minimum absolute atomic E-state index is 0.0108. The first kappa shape index (κ1) is 25.8. The highest BCUT2D eigenvalue weighted by Gasteiger charge is 2.34. The van der Waals surface area contributed by atoms with Gasteiger partial charge in [0, 0.05) is 23.6 Å². The molecule has 0 radical (unpaired) electrons. The van der Waals surface area contributed by atoms with E-state index in [1.807, 2.05) is 0 Å². The molecule has 0 bridgehead atoms. The minimum atomic E-state index is -4.69. The molecule has 0 unspecified atom stereocenters. The lowest BCUT2D eigenvalue weighted by Crippen LogP contribution is -2.19. The van der Waals surface area contributed by atoms with E-state index in [0.29, 0.717) is 12.3 Å². The zero-order chi connectivity index (χ0) is 26.8. The smallest absolute Gasteiger partial charge is 0.434 e. The molecule has 2 aromatic carbocycles. The molecule has 192 valence electrons. The molecule has 8 nitrogen and oxygen atoms in total. The predicted molar refractivity (Wildman–Crippen MR) is 120 cm³/mol. The molecule has 4 rings (SSSR count). The highest BCUT2D eigenvalue weighted by molar-refractivity contribution is 6.31. The zero-order valence-electron chi connectivity index (χ0n) is 18.1. The van der Waals surface area contributed by atoms with Crippen molar-refractivity contribution < 1.29 is 35.9 Å². The summed E-state index contributed by atoms with van der Waals surface area (Å²) in [5.41, 5.74) is -1.96. The monoisotopic (exact) mass is 542 g/mol. The fraction of sp³-hybridized carbons (Fsp3) is 0.0909. The number of amides is 2. The number of aromatic amines is 1. The van der Waals surface area contributed by atoms with E-state index in [0.717, 1.165) is 12.4 Å². The van der Waals surface area contributed by atoms with Crippen molar-refractivity contribution in [3.05, 3.63) is 77.3 Å². The van der Waals surface area contributed by atoms with Gasteiger partial charge in [0.25, 0.3) is 0 Å². The van der Waals surface area contributed by atoms with E-state index < -0.39 is 34.7 Å². The number of halogens is 7. The maximum atomic E-state index is 13.0. The van der Waals surface area contributed by atoms with Gasteiger partial charge in [-0.2, -0.15) is 26.3 Å². The van der Waals surface area contributed by atoms with Crippen molar-refractivity contribution in [2.45, 2.75) is 12.4 Å². The van der Waals surface area contributed by atoms with Gasteiger partial charge in [0.15, 0.2) is 11.5 Å². The van der Waals surface area contributed by atoms with Crippen LogP contribution in [0.15, 0.2) is 61.1 Å². The first-order valence-corrected chi connectivity index (χ1v) is 10.4. The lowest BCUT2D eigenvalue weighted by molar-refractivity contribution is -0.141. The van der Waals surface area contributed by atoms with Crippen LogP contribution < -0.4 is 15.4 Å². The van der Waals surface area contributed by atoms with E-state index in [1.54, 1.807) is 0 Å². The average Bonchev–Trinajstić information content (AvgIpc) is 3.32. The molecule has 0 aliphatic heterocycles. The Morgan fingerprint density at radius 2 is 1.57 bits per heavy atom. The van der Waals surface area contributed by atoms with Gasteiger partial charge in [-0.3, -0.25) is 0 Å². The van der Waals surface area contributed by atoms with Crippen molar-refractivity contribution in [3.63, 3.8) is 0 Å². The van der Waals surface area contributed by atoms with Gasteiger partial charge in [-0.05, 0) is 42.5 Å². The Kier molecular flexibility index (Phi) is 6.94. The highest BCUT2D eigenvalue weighted by atomic mass is 35.5. The Labute approximate surface area is 208 Å². The van der Waals surface area contributed by atoms with Crippen LogP contribution in [0.5, 0.6) is 11.6 Å². The molecular weight excluding hydrogens is 530 g/mol. The Balaban J connectivity index is 1.39. The summed E-state index contributed by atoms with van der Waals surface area (Å²) in [5.74, 6) is 0.142. The van der Waals surface area contributed by atoms with Crippen LogP contribution in [-0.4, -0.2) is 26.0 Å². The maximum absolute atomic E-state index is 13.0. The van der Waals surface area contributed by atoms with E-state index in [-0.39, 0.29) is 34.5 Å². The van der Waals surface area contributed by atoms with E-state index in [4.69, 9.17) is 16.3 Å². The number of aromatic nitrogens is 4. The van der Waals surface area contributed by atoms with Crippen molar-refractivity contribution in [2.75, 3.05) is 10.6 Å². The summed E-state index contributed by atoms with van der Waals surface area (Å²) in [7, 11) is 0. The molecule has 0 atom stereocenters. The summed E-state index contributed by atoms with van der Waals surface area (Å²) >= 11 is 5.56. The van der Waals surface area contributed by atoms with Crippen molar-refractivity contribution in [3.8, 4) is 23.1 Å². The molecule has 2 heterocycles. The van der Waals surface area contributed by atoms with E-state index in [9.17, 15) is 31.1 Å². The average molecular weight is 543 g/mol. The number of hydrogen-bond acceptors (Lipinski definition) is 5. The van der Waals surface area contributed by atoms with Crippen LogP contribution in [0.25, 0.3) is 11.5 Å². The van der Waals surface area contributed by atoms with Crippen LogP contribution in [0.4, 0.5) is 42.5 Å². The van der Waals surface area contributed by atoms with Crippen LogP contribution >= 0.6 is 11.6 Å². The largest absolute Gasteiger partial charge is 0.439 e. The number of ether oxygens (including phenoxy) is 1. The number of nitrogens with one attached hydrogen (secondary N) is 3. The fourth-order valence-electron chi connectivity index (χ4n) is 2.96. The first-order valence-electron chi connectivity index (χ1n) is 10.1. The quantitative estimate of drug-likeness (QED) is 0.236. The number of imidazole rings is 1. The summed E-state index contributed by atoms with van der Waals surface area (Å²) in [4.78, 5) is 25.8. The van der Waals surface area contributed by atoms with Crippen LogP contribution in [-0.2, 0) is 12.4 Å². The Bertz CT molecular complexity index is 1420. The molecule has 0 aliphatic carbocycles. The molecule has 15 heteroatoms. The number of H-pyrrole nitrogens is 1.